The molecule has 1 aromatic rings. The normalized spacial score (nSPS) is 11.4. The first-order chi connectivity index (χ1) is 6.32. The first-order valence-corrected chi connectivity index (χ1v) is 4.76. The lowest BCUT2D eigenvalue weighted by molar-refractivity contribution is 0.0995. The van der Waals surface area contributed by atoms with Crippen LogP contribution in [0.2, 0.25) is 0 Å². The highest BCUT2D eigenvalue weighted by Crippen LogP contribution is 2.30. The molecule has 1 rings (SSSR count). The second-order valence-corrected chi connectivity index (χ2v) is 4.97. The number of carbonyl (C=O) groups excluding carboxylic acids is 2. The molecule has 0 saturated heterocycles. The van der Waals surface area contributed by atoms with Crippen LogP contribution in [-0.4, -0.2) is 20.3 Å². The van der Waals surface area contributed by atoms with Crippen molar-refractivity contribution in [3.8, 4) is 0 Å². The number of carbonyl (C=O) groups is 2. The average Bonchev–Trinajstić information content (AvgIpc) is 2.48. The zero-order valence-electron chi connectivity index (χ0n) is 7.11. The van der Waals surface area contributed by atoms with Gasteiger partial charge < -0.3 is 4.98 Å². The Labute approximate surface area is 95.3 Å². The van der Waals surface area contributed by atoms with Gasteiger partial charge in [0.2, 0.25) is 5.78 Å². The van der Waals surface area contributed by atoms with E-state index in [4.69, 9.17) is 34.8 Å². The van der Waals surface area contributed by atoms with Gasteiger partial charge in [0.05, 0.1) is 5.69 Å². The van der Waals surface area contributed by atoms with E-state index in [0.29, 0.717) is 5.69 Å². The van der Waals surface area contributed by atoms with Gasteiger partial charge in [-0.2, -0.15) is 0 Å². The van der Waals surface area contributed by atoms with Crippen LogP contribution in [-0.2, 0) is 0 Å². The molecule has 0 aliphatic carbocycles. The summed E-state index contributed by atoms with van der Waals surface area (Å²) in [6.07, 6.45) is 1.33. The van der Waals surface area contributed by atoms with Gasteiger partial charge in [-0.15, -0.1) is 0 Å². The minimum absolute atomic E-state index is 0.176. The number of H-pyrrole nitrogens is 1. The molecule has 1 aromatic heterocycles. The molecule has 0 aliphatic heterocycles. The van der Waals surface area contributed by atoms with Gasteiger partial charge in [0, 0.05) is 18.7 Å². The van der Waals surface area contributed by atoms with Crippen LogP contribution in [0, 0.1) is 0 Å². The van der Waals surface area contributed by atoms with Crippen LogP contribution in [0.15, 0.2) is 12.3 Å². The quantitative estimate of drug-likeness (QED) is 0.652. The predicted molar refractivity (Wildman–Crippen MR) is 55.4 cm³/mol. The Balaban J connectivity index is 2.99. The molecule has 0 aliphatic rings. The van der Waals surface area contributed by atoms with Crippen LogP contribution < -0.4 is 0 Å². The zero-order valence-corrected chi connectivity index (χ0v) is 9.37. The summed E-state index contributed by atoms with van der Waals surface area (Å²) >= 11 is 16.2. The number of Topliss-reactive ketones (excluding diaryl/α,β-unsaturated/α-hetero) is 2. The minimum atomic E-state index is -1.99. The number of nitrogens with one attached hydrogen (secondary N) is 1. The van der Waals surface area contributed by atoms with Crippen molar-refractivity contribution in [1.29, 1.82) is 0 Å². The van der Waals surface area contributed by atoms with Crippen LogP contribution in [0.4, 0.5) is 0 Å². The highest BCUT2D eigenvalue weighted by Gasteiger charge is 2.32. The molecule has 0 amide bonds. The minimum Gasteiger partial charge on any atom is -0.358 e. The molecule has 0 radical (unpaired) electrons. The van der Waals surface area contributed by atoms with Crippen molar-refractivity contribution in [3.05, 3.63) is 23.5 Å². The van der Waals surface area contributed by atoms with Gasteiger partial charge in [-0.25, -0.2) is 0 Å². The molecule has 0 atom stereocenters. The van der Waals surface area contributed by atoms with Gasteiger partial charge in [-0.3, -0.25) is 9.59 Å². The van der Waals surface area contributed by atoms with Gasteiger partial charge in [0.15, 0.2) is 5.78 Å². The van der Waals surface area contributed by atoms with Gasteiger partial charge in [-0.05, 0) is 6.07 Å². The summed E-state index contributed by atoms with van der Waals surface area (Å²) in [6.45, 7) is 1.37. The van der Waals surface area contributed by atoms with Crippen molar-refractivity contribution in [3.63, 3.8) is 0 Å². The highest BCUT2D eigenvalue weighted by atomic mass is 35.6. The molecular formula is C8H6Cl3NO2. The Hall–Kier alpha value is -0.510. The summed E-state index contributed by atoms with van der Waals surface area (Å²) in [7, 11) is 0. The van der Waals surface area contributed by atoms with E-state index in [1.807, 2.05) is 0 Å². The van der Waals surface area contributed by atoms with Gasteiger partial charge >= 0.3 is 0 Å². The Morgan fingerprint density at radius 3 is 2.29 bits per heavy atom. The Kier molecular flexibility index (Phi) is 3.24. The third-order valence-corrected chi connectivity index (χ3v) is 2.10. The van der Waals surface area contributed by atoms with Crippen molar-refractivity contribution >= 4 is 46.4 Å². The lowest BCUT2D eigenvalue weighted by Gasteiger charge is -2.06. The molecule has 6 heteroatoms. The number of hydrogen-bond acceptors (Lipinski definition) is 2. The van der Waals surface area contributed by atoms with Crippen LogP contribution in [0.5, 0.6) is 0 Å². The topological polar surface area (TPSA) is 49.9 Å². The number of hydrogen-bond donors (Lipinski definition) is 1. The highest BCUT2D eigenvalue weighted by molar-refractivity contribution is 6.77. The third kappa shape index (κ3) is 2.50. The number of halogens is 3. The van der Waals surface area contributed by atoms with Gasteiger partial charge in [0.1, 0.15) is 0 Å². The maximum Gasteiger partial charge on any atom is 0.253 e. The summed E-state index contributed by atoms with van der Waals surface area (Å²) in [5, 5.41) is 0. The fourth-order valence-electron chi connectivity index (χ4n) is 0.892. The molecule has 0 saturated carbocycles. The molecule has 0 spiro atoms. The van der Waals surface area contributed by atoms with Crippen LogP contribution in [0.25, 0.3) is 0 Å². The lowest BCUT2D eigenvalue weighted by Crippen LogP contribution is -2.18. The molecule has 0 bridgehead atoms. The standard InChI is InChI=1S/C8H6Cl3NO2/c1-4(13)6-2-5(3-12-6)7(14)8(9,10)11/h2-3,12H,1H3. The van der Waals surface area contributed by atoms with Gasteiger partial charge in [0.25, 0.3) is 3.79 Å². The van der Waals surface area contributed by atoms with Crippen molar-refractivity contribution in [2.45, 2.75) is 10.7 Å². The number of ketones is 2. The lowest BCUT2D eigenvalue weighted by atomic mass is 10.2. The van der Waals surface area contributed by atoms with Crippen molar-refractivity contribution in [2.75, 3.05) is 0 Å². The molecule has 0 aromatic carbocycles. The molecule has 0 fully saturated rings. The maximum absolute atomic E-state index is 11.4. The maximum atomic E-state index is 11.4. The number of aromatic amines is 1. The molecule has 3 nitrogen and oxygen atoms in total. The second-order valence-electron chi connectivity index (χ2n) is 2.69. The third-order valence-electron chi connectivity index (χ3n) is 1.58. The monoisotopic (exact) mass is 253 g/mol. The zero-order chi connectivity index (χ0) is 10.9. The van der Waals surface area contributed by atoms with Crippen molar-refractivity contribution in [1.82, 2.24) is 4.98 Å². The van der Waals surface area contributed by atoms with Crippen molar-refractivity contribution < 1.29 is 9.59 Å². The fourth-order valence-corrected chi connectivity index (χ4v) is 1.22. The second kappa shape index (κ2) is 3.93. The van der Waals surface area contributed by atoms with E-state index in [2.05, 4.69) is 4.98 Å². The number of aromatic nitrogens is 1. The molecule has 0 unspecified atom stereocenters. The SMILES string of the molecule is CC(=O)c1cc(C(=O)C(Cl)(Cl)Cl)c[nH]1. The van der Waals surface area contributed by atoms with Crippen molar-refractivity contribution in [2.24, 2.45) is 0 Å². The van der Waals surface area contributed by atoms with E-state index in [-0.39, 0.29) is 11.3 Å². The molecule has 1 heterocycles. The van der Waals surface area contributed by atoms with E-state index < -0.39 is 9.58 Å². The van der Waals surface area contributed by atoms with E-state index in [1.54, 1.807) is 0 Å². The molecular weight excluding hydrogens is 248 g/mol. The molecule has 1 N–H and O–H groups in total. The molecule has 14 heavy (non-hydrogen) atoms. The van der Waals surface area contributed by atoms with Crippen LogP contribution in [0.1, 0.15) is 27.8 Å². The Morgan fingerprint density at radius 1 is 1.36 bits per heavy atom. The first-order valence-electron chi connectivity index (χ1n) is 3.63. The first kappa shape index (κ1) is 11.6. The summed E-state index contributed by atoms with van der Waals surface area (Å²) in [6, 6.07) is 1.35. The number of rotatable bonds is 2. The summed E-state index contributed by atoms with van der Waals surface area (Å²) in [5.41, 5.74) is 0.484. The average molecular weight is 254 g/mol. The smallest absolute Gasteiger partial charge is 0.253 e. The van der Waals surface area contributed by atoms with E-state index in [9.17, 15) is 9.59 Å². The summed E-state index contributed by atoms with van der Waals surface area (Å²) < 4.78 is -1.99. The Bertz CT molecular complexity index is 378. The Morgan fingerprint density at radius 2 is 1.93 bits per heavy atom. The van der Waals surface area contributed by atoms with E-state index in [1.165, 1.54) is 19.2 Å². The van der Waals surface area contributed by atoms with E-state index >= 15 is 0 Å². The predicted octanol–water partition coefficient (Wildman–Crippen LogP) is 2.77. The van der Waals surface area contributed by atoms with Crippen LogP contribution in [0.3, 0.4) is 0 Å². The number of alkyl halides is 3. The summed E-state index contributed by atoms with van der Waals surface area (Å²) in [5.74, 6) is -0.848. The van der Waals surface area contributed by atoms with E-state index in [0.717, 1.165) is 0 Å². The van der Waals surface area contributed by atoms with Gasteiger partial charge in [-0.1, -0.05) is 34.8 Å². The largest absolute Gasteiger partial charge is 0.358 e. The molecule has 76 valence electrons. The fraction of sp³-hybridized carbons (Fsp3) is 0.250. The van der Waals surface area contributed by atoms with Crippen LogP contribution >= 0.6 is 34.8 Å². The summed E-state index contributed by atoms with van der Waals surface area (Å²) in [4.78, 5) is 24.9.